The number of halogens is 1. The summed E-state index contributed by atoms with van der Waals surface area (Å²) in [4.78, 5) is 16.1. The van der Waals surface area contributed by atoms with Crippen molar-refractivity contribution < 1.29 is 9.53 Å². The number of nitrogens with zero attached hydrogens (tertiary/aromatic N) is 1. The minimum absolute atomic E-state index is 0.0194. The Morgan fingerprint density at radius 3 is 2.71 bits per heavy atom. The van der Waals surface area contributed by atoms with Crippen molar-refractivity contribution >= 4 is 17.5 Å². The predicted molar refractivity (Wildman–Crippen MR) is 133 cm³/mol. The number of benzene rings is 2. The summed E-state index contributed by atoms with van der Waals surface area (Å²) >= 11 is 6.05. The molecule has 4 atom stereocenters. The van der Waals surface area contributed by atoms with Crippen LogP contribution < -0.4 is 5.32 Å². The van der Waals surface area contributed by atoms with Crippen LogP contribution >= 0.6 is 11.6 Å². The highest BCUT2D eigenvalue weighted by Crippen LogP contribution is 2.64. The first-order valence-electron chi connectivity index (χ1n) is 13.0. The molecule has 3 saturated heterocycles. The normalized spacial score (nSPS) is 36.0. The first-order valence-corrected chi connectivity index (χ1v) is 13.4. The second-order valence-corrected chi connectivity index (χ2v) is 12.2. The molecule has 34 heavy (non-hydrogen) atoms. The molecule has 178 valence electrons. The molecule has 3 aliphatic heterocycles. The summed E-state index contributed by atoms with van der Waals surface area (Å²) in [6.45, 7) is 5.19. The molecule has 0 aromatic heterocycles. The van der Waals surface area contributed by atoms with Gasteiger partial charge >= 0.3 is 0 Å². The van der Waals surface area contributed by atoms with E-state index in [1.165, 1.54) is 36.1 Å². The molecule has 5 heteroatoms. The molecule has 3 heterocycles. The fraction of sp³-hybridized carbons (Fsp3) is 0.552. The maximum Gasteiger partial charge on any atom is 0.251 e. The van der Waals surface area contributed by atoms with Gasteiger partial charge in [0, 0.05) is 28.6 Å². The number of fused-ring (bicyclic) bond motifs is 3. The topological polar surface area (TPSA) is 41.6 Å². The van der Waals surface area contributed by atoms with Crippen LogP contribution in [-0.4, -0.2) is 47.7 Å². The van der Waals surface area contributed by atoms with Gasteiger partial charge in [0.1, 0.15) is 0 Å². The fourth-order valence-electron chi connectivity index (χ4n) is 7.93. The molecule has 0 radical (unpaired) electrons. The molecule has 1 spiro atoms. The highest BCUT2D eigenvalue weighted by atomic mass is 35.5. The first kappa shape index (κ1) is 21.4. The van der Waals surface area contributed by atoms with Crippen molar-refractivity contribution in [2.45, 2.75) is 74.5 Å². The maximum atomic E-state index is 13.3. The van der Waals surface area contributed by atoms with Crippen molar-refractivity contribution in [3.8, 4) is 0 Å². The van der Waals surface area contributed by atoms with Gasteiger partial charge in [0.2, 0.25) is 0 Å². The van der Waals surface area contributed by atoms with Crippen LogP contribution in [-0.2, 0) is 16.6 Å². The SMILES string of the molecule is Cc1ccc2c(c1)[C@]13CCN(CC4CC4)[C@H](C2)[C@]12CCC(NC(=O)c1ccc(Cl)cc1)(CO2)C3. The molecule has 1 amide bonds. The number of carbonyl (C=O) groups is 1. The predicted octanol–water partition coefficient (Wildman–Crippen LogP) is 5.05. The Balaban J connectivity index is 1.28. The van der Waals surface area contributed by atoms with E-state index in [4.69, 9.17) is 16.3 Å². The minimum atomic E-state index is -0.319. The highest BCUT2D eigenvalue weighted by Gasteiger charge is 2.71. The number of aryl methyl sites for hydroxylation is 1. The third-order valence-electron chi connectivity index (χ3n) is 9.70. The Labute approximate surface area is 207 Å². The molecule has 4 bridgehead atoms. The van der Waals surface area contributed by atoms with E-state index >= 15 is 0 Å². The number of rotatable bonds is 4. The van der Waals surface area contributed by atoms with E-state index in [9.17, 15) is 4.79 Å². The average molecular weight is 477 g/mol. The summed E-state index contributed by atoms with van der Waals surface area (Å²) in [5.74, 6) is 0.863. The molecule has 2 aromatic carbocycles. The summed E-state index contributed by atoms with van der Waals surface area (Å²) in [6.07, 6.45) is 7.97. The monoisotopic (exact) mass is 476 g/mol. The van der Waals surface area contributed by atoms with Crippen molar-refractivity contribution in [1.82, 2.24) is 10.2 Å². The van der Waals surface area contributed by atoms with Crippen molar-refractivity contribution in [3.63, 3.8) is 0 Å². The number of hydrogen-bond donors (Lipinski definition) is 1. The molecule has 2 saturated carbocycles. The zero-order chi connectivity index (χ0) is 23.1. The van der Waals surface area contributed by atoms with Gasteiger partial charge in [-0.2, -0.15) is 0 Å². The van der Waals surface area contributed by atoms with Gasteiger partial charge < -0.3 is 10.1 Å². The Morgan fingerprint density at radius 1 is 1.15 bits per heavy atom. The number of amides is 1. The van der Waals surface area contributed by atoms with E-state index < -0.39 is 0 Å². The number of piperidine rings is 1. The molecular formula is C29H33ClN2O2. The molecule has 2 aromatic rings. The van der Waals surface area contributed by atoms with Crippen molar-refractivity contribution in [2.75, 3.05) is 19.7 Å². The lowest BCUT2D eigenvalue weighted by Gasteiger charge is -2.71. The zero-order valence-electron chi connectivity index (χ0n) is 19.9. The average Bonchev–Trinajstić information content (AvgIpc) is 3.65. The lowest BCUT2D eigenvalue weighted by atomic mass is 9.45. The van der Waals surface area contributed by atoms with Crippen LogP contribution in [0.15, 0.2) is 42.5 Å². The fourth-order valence-corrected chi connectivity index (χ4v) is 8.05. The van der Waals surface area contributed by atoms with E-state index in [-0.39, 0.29) is 22.5 Å². The van der Waals surface area contributed by atoms with Crippen LogP contribution in [0, 0.1) is 12.8 Å². The van der Waals surface area contributed by atoms with E-state index in [0.29, 0.717) is 23.2 Å². The second kappa shape index (κ2) is 7.32. The van der Waals surface area contributed by atoms with Gasteiger partial charge in [0.05, 0.1) is 17.7 Å². The smallest absolute Gasteiger partial charge is 0.251 e. The maximum absolute atomic E-state index is 13.3. The summed E-state index contributed by atoms with van der Waals surface area (Å²) in [5, 5.41) is 4.11. The standard InChI is InChI=1S/C29H33ClN2O2/c1-19-2-5-22-15-25-29-11-10-27(18-34-29,31-26(33)21-6-8-23(30)9-7-21)17-28(29,24(22)14-19)12-13-32(25)16-20-3-4-20/h2,5-9,14,20,25H,3-4,10-13,15-18H2,1H3,(H,31,33)/t25-,27?,28-,29-/m1/s1. The molecule has 1 N–H and O–H groups in total. The van der Waals surface area contributed by atoms with Crippen LogP contribution in [0.4, 0.5) is 0 Å². The van der Waals surface area contributed by atoms with Crippen LogP contribution in [0.25, 0.3) is 0 Å². The third-order valence-corrected chi connectivity index (χ3v) is 9.96. The van der Waals surface area contributed by atoms with Gasteiger partial charge in [-0.05, 0) is 99.7 Å². The number of nitrogens with one attached hydrogen (secondary N) is 1. The quantitative estimate of drug-likeness (QED) is 0.671. The van der Waals surface area contributed by atoms with Crippen LogP contribution in [0.3, 0.4) is 0 Å². The molecule has 8 rings (SSSR count). The number of likely N-dealkylation sites (tertiary alicyclic amines) is 1. The Morgan fingerprint density at radius 2 is 1.97 bits per heavy atom. The van der Waals surface area contributed by atoms with Gasteiger partial charge in [0.25, 0.3) is 5.91 Å². The minimum Gasteiger partial charge on any atom is -0.370 e. The van der Waals surface area contributed by atoms with Crippen molar-refractivity contribution in [1.29, 1.82) is 0 Å². The molecule has 3 aliphatic carbocycles. The Kier molecular flexibility index (Phi) is 4.61. The summed E-state index contributed by atoms with van der Waals surface area (Å²) in [5.41, 5.74) is 4.50. The van der Waals surface area contributed by atoms with E-state index in [1.807, 2.05) is 12.1 Å². The third kappa shape index (κ3) is 3.01. The van der Waals surface area contributed by atoms with Gasteiger partial charge in [0.15, 0.2) is 0 Å². The van der Waals surface area contributed by atoms with Gasteiger partial charge in [-0.3, -0.25) is 9.69 Å². The van der Waals surface area contributed by atoms with E-state index in [1.54, 1.807) is 12.1 Å². The number of carbonyl (C=O) groups excluding carboxylic acids is 1. The van der Waals surface area contributed by atoms with E-state index in [0.717, 1.165) is 44.6 Å². The van der Waals surface area contributed by atoms with Crippen molar-refractivity contribution in [3.05, 3.63) is 69.7 Å². The summed E-state index contributed by atoms with van der Waals surface area (Å²) < 4.78 is 7.04. The first-order chi connectivity index (χ1) is 16.4. The van der Waals surface area contributed by atoms with Crippen LogP contribution in [0.5, 0.6) is 0 Å². The molecule has 1 unspecified atom stereocenters. The molecule has 5 fully saturated rings. The van der Waals surface area contributed by atoms with Crippen LogP contribution in [0.2, 0.25) is 5.02 Å². The lowest BCUT2D eigenvalue weighted by molar-refractivity contribution is -0.261. The number of hydrogen-bond acceptors (Lipinski definition) is 3. The summed E-state index contributed by atoms with van der Waals surface area (Å²) in [6, 6.07) is 14.7. The van der Waals surface area contributed by atoms with Gasteiger partial charge in [-0.15, -0.1) is 0 Å². The van der Waals surface area contributed by atoms with Crippen molar-refractivity contribution in [2.24, 2.45) is 5.92 Å². The highest BCUT2D eigenvalue weighted by molar-refractivity contribution is 6.30. The van der Waals surface area contributed by atoms with Crippen LogP contribution in [0.1, 0.15) is 65.6 Å². The van der Waals surface area contributed by atoms with Gasteiger partial charge in [-0.1, -0.05) is 35.4 Å². The molecule has 4 nitrogen and oxygen atoms in total. The number of ether oxygens (including phenoxy) is 1. The largest absolute Gasteiger partial charge is 0.370 e. The molecule has 6 aliphatic rings. The Bertz CT molecular complexity index is 1150. The van der Waals surface area contributed by atoms with Gasteiger partial charge in [-0.25, -0.2) is 0 Å². The Hall–Kier alpha value is -1.88. The lowest BCUT2D eigenvalue weighted by Crippen LogP contribution is -2.81. The summed E-state index contributed by atoms with van der Waals surface area (Å²) in [7, 11) is 0. The zero-order valence-corrected chi connectivity index (χ0v) is 20.7. The molecular weight excluding hydrogens is 444 g/mol. The second-order valence-electron chi connectivity index (χ2n) is 11.7. The van der Waals surface area contributed by atoms with E-state index in [2.05, 4.69) is 35.3 Å².